The van der Waals surface area contributed by atoms with Gasteiger partial charge >= 0.3 is 0 Å². The number of alkyl halides is 1. The largest absolute Gasteiger partial charge is 0.493 e. The van der Waals surface area contributed by atoms with Crippen molar-refractivity contribution in [2.75, 3.05) is 26.1 Å². The number of pyridine rings is 2. The number of anilines is 1. The highest BCUT2D eigenvalue weighted by molar-refractivity contribution is 6.76. The van der Waals surface area contributed by atoms with Gasteiger partial charge in [0.1, 0.15) is 24.4 Å². The Morgan fingerprint density at radius 3 is 2.63 bits per heavy atom. The van der Waals surface area contributed by atoms with Crippen LogP contribution in [0.1, 0.15) is 6.42 Å². The summed E-state index contributed by atoms with van der Waals surface area (Å²) < 4.78 is 46.4. The minimum Gasteiger partial charge on any atom is -0.493 e. The van der Waals surface area contributed by atoms with Crippen molar-refractivity contribution >= 4 is 30.8 Å². The molecule has 1 N–H and O–H groups in total. The quantitative estimate of drug-likeness (QED) is 0.313. The van der Waals surface area contributed by atoms with Crippen LogP contribution in [0.15, 0.2) is 24.5 Å². The van der Waals surface area contributed by atoms with Crippen LogP contribution in [-0.2, 0) is 16.3 Å². The van der Waals surface area contributed by atoms with Gasteiger partial charge in [0.05, 0.1) is 31.9 Å². The van der Waals surface area contributed by atoms with Crippen LogP contribution < -0.4 is 14.8 Å². The van der Waals surface area contributed by atoms with E-state index in [4.69, 9.17) is 14.2 Å². The van der Waals surface area contributed by atoms with Gasteiger partial charge in [-0.3, -0.25) is 4.79 Å². The van der Waals surface area contributed by atoms with Crippen molar-refractivity contribution in [2.24, 2.45) is 5.92 Å². The third-order valence-corrected chi connectivity index (χ3v) is 7.57. The molecule has 3 aromatic rings. The Morgan fingerprint density at radius 1 is 1.26 bits per heavy atom. The number of methoxy groups -OCH3 is 2. The molecule has 0 spiro atoms. The normalized spacial score (nSPS) is 17.5. The Bertz CT molecular complexity index is 1240. The van der Waals surface area contributed by atoms with Crippen LogP contribution in [-0.4, -0.2) is 55.5 Å². The lowest BCUT2D eigenvalue weighted by Gasteiger charge is -2.15. The zero-order valence-corrected chi connectivity index (χ0v) is 21.5. The van der Waals surface area contributed by atoms with Gasteiger partial charge < -0.3 is 24.1 Å². The van der Waals surface area contributed by atoms with Crippen molar-refractivity contribution in [1.29, 1.82) is 0 Å². The number of fused-ring (bicyclic) bond motifs is 1. The monoisotopic (exact) mass is 504 g/mol. The Morgan fingerprint density at radius 2 is 2.00 bits per heavy atom. The summed E-state index contributed by atoms with van der Waals surface area (Å²) >= 11 is 0. The number of aromatic nitrogens is 3. The molecule has 3 heterocycles. The summed E-state index contributed by atoms with van der Waals surface area (Å²) in [6.45, 7) is 7.61. The number of nitrogens with one attached hydrogen (secondary N) is 1. The highest BCUT2D eigenvalue weighted by Crippen LogP contribution is 2.42. The van der Waals surface area contributed by atoms with Crippen molar-refractivity contribution in [1.82, 2.24) is 14.5 Å². The van der Waals surface area contributed by atoms with Gasteiger partial charge in [-0.1, -0.05) is 19.6 Å². The van der Waals surface area contributed by atoms with Gasteiger partial charge in [-0.15, -0.1) is 0 Å². The van der Waals surface area contributed by atoms with Gasteiger partial charge in [0.15, 0.2) is 11.6 Å². The van der Waals surface area contributed by atoms with Crippen LogP contribution in [0.5, 0.6) is 11.6 Å². The molecule has 0 aliphatic heterocycles. The molecule has 35 heavy (non-hydrogen) atoms. The maximum absolute atomic E-state index is 14.6. The Kier molecular flexibility index (Phi) is 7.09. The summed E-state index contributed by atoms with van der Waals surface area (Å²) in [4.78, 5) is 20.9. The molecule has 0 radical (unpaired) electrons. The average Bonchev–Trinajstić information content (AvgIpc) is 3.44. The summed E-state index contributed by atoms with van der Waals surface area (Å²) in [7, 11) is 1.55. The number of nitrogens with zero attached hydrogens (tertiary/aromatic N) is 3. The van der Waals surface area contributed by atoms with E-state index in [1.165, 1.54) is 14.2 Å². The molecule has 2 atom stereocenters. The zero-order chi connectivity index (χ0) is 25.3. The summed E-state index contributed by atoms with van der Waals surface area (Å²) in [5.41, 5.74) is 1.44. The van der Waals surface area contributed by atoms with E-state index in [1.54, 1.807) is 22.9 Å². The first-order valence-corrected chi connectivity index (χ1v) is 15.1. The first-order valence-electron chi connectivity index (χ1n) is 11.4. The van der Waals surface area contributed by atoms with Crippen molar-refractivity contribution in [3.05, 3.63) is 30.3 Å². The molecular weight excluding hydrogens is 474 g/mol. The highest BCUT2D eigenvalue weighted by Gasteiger charge is 2.43. The van der Waals surface area contributed by atoms with Gasteiger partial charge in [0.2, 0.25) is 11.8 Å². The van der Waals surface area contributed by atoms with Crippen LogP contribution in [0.4, 0.5) is 14.6 Å². The number of amides is 1. The number of hydrogen-bond donors (Lipinski definition) is 1. The van der Waals surface area contributed by atoms with E-state index < -0.39 is 31.9 Å². The average molecular weight is 505 g/mol. The number of carbonyl (C=O) groups excluding carboxylic acids is 1. The van der Waals surface area contributed by atoms with E-state index in [0.29, 0.717) is 34.6 Å². The number of halogens is 2. The van der Waals surface area contributed by atoms with Crippen molar-refractivity contribution in [2.45, 2.75) is 45.0 Å². The Balaban J connectivity index is 1.75. The van der Waals surface area contributed by atoms with Gasteiger partial charge in [-0.2, -0.15) is 0 Å². The molecule has 3 aromatic heterocycles. The molecule has 0 saturated heterocycles. The van der Waals surface area contributed by atoms with Gasteiger partial charge in [-0.05, 0) is 24.6 Å². The molecule has 1 saturated carbocycles. The first kappa shape index (κ1) is 25.1. The molecule has 1 aliphatic carbocycles. The lowest BCUT2D eigenvalue weighted by atomic mass is 10.1. The predicted octanol–water partition coefficient (Wildman–Crippen LogP) is 4.86. The predicted molar refractivity (Wildman–Crippen MR) is 132 cm³/mol. The fraction of sp³-hybridized carbons (Fsp3) is 0.458. The molecule has 4 rings (SSSR count). The summed E-state index contributed by atoms with van der Waals surface area (Å²) in [5.74, 6) is -1.17. The fourth-order valence-electron chi connectivity index (χ4n) is 3.77. The second-order valence-corrected chi connectivity index (χ2v) is 15.4. The van der Waals surface area contributed by atoms with E-state index in [1.807, 2.05) is 0 Å². The second-order valence-electron chi connectivity index (χ2n) is 9.80. The molecule has 188 valence electrons. The second kappa shape index (κ2) is 9.90. The first-order chi connectivity index (χ1) is 16.6. The summed E-state index contributed by atoms with van der Waals surface area (Å²) in [5, 5.41) is 3.35. The smallest absolute Gasteiger partial charge is 0.231 e. The molecule has 1 aliphatic rings. The van der Waals surface area contributed by atoms with Crippen molar-refractivity contribution < 1.29 is 27.8 Å². The van der Waals surface area contributed by atoms with Crippen molar-refractivity contribution in [3.63, 3.8) is 0 Å². The molecular formula is C24H30F2N4O4Si. The Hall–Kier alpha value is -3.05. The fourth-order valence-corrected chi connectivity index (χ4v) is 4.53. The van der Waals surface area contributed by atoms with E-state index in [2.05, 4.69) is 34.9 Å². The third kappa shape index (κ3) is 5.45. The zero-order valence-electron chi connectivity index (χ0n) is 20.5. The molecule has 1 amide bonds. The number of rotatable bonds is 10. The van der Waals surface area contributed by atoms with E-state index in [9.17, 15) is 13.6 Å². The van der Waals surface area contributed by atoms with Crippen LogP contribution >= 0.6 is 0 Å². The number of hydrogen-bond acceptors (Lipinski definition) is 6. The third-order valence-electron chi connectivity index (χ3n) is 5.87. The maximum Gasteiger partial charge on any atom is 0.231 e. The van der Waals surface area contributed by atoms with E-state index in [0.717, 1.165) is 12.2 Å². The van der Waals surface area contributed by atoms with E-state index >= 15 is 0 Å². The van der Waals surface area contributed by atoms with Crippen LogP contribution in [0, 0.1) is 11.7 Å². The molecule has 11 heteroatoms. The Labute approximate surface area is 203 Å². The lowest BCUT2D eigenvalue weighted by Crippen LogP contribution is -2.22. The van der Waals surface area contributed by atoms with Crippen molar-refractivity contribution in [3.8, 4) is 22.8 Å². The minimum absolute atomic E-state index is 0.00403. The van der Waals surface area contributed by atoms with Crippen LogP contribution in [0.25, 0.3) is 22.2 Å². The van der Waals surface area contributed by atoms with Crippen LogP contribution in [0.3, 0.4) is 0 Å². The maximum atomic E-state index is 14.6. The molecule has 1 fully saturated rings. The van der Waals surface area contributed by atoms with Gasteiger partial charge in [0, 0.05) is 31.8 Å². The molecule has 0 aromatic carbocycles. The SMILES string of the molecule is COc1ncc(F)c(OC)c1-c1cn(COCC[Si](C)(C)C)c2nc(NC(=O)[C@H]3C[C@H]3F)ccc12. The number of ether oxygens (including phenoxy) is 3. The van der Waals surface area contributed by atoms with Gasteiger partial charge in [-0.25, -0.2) is 18.7 Å². The number of carbonyl (C=O) groups is 1. The summed E-state index contributed by atoms with van der Waals surface area (Å²) in [6, 6.07) is 4.38. The standard InChI is InChI=1S/C24H30F2N4O4Si/c1-32-21-18(26)11-27-24(33-2)20(21)16-12-30(13-34-8-9-35(3,4)5)22-14(16)6-7-19(28-22)29-23(31)15-10-17(15)25/h6-7,11-12,15,17H,8-10,13H2,1-5H3,(H,28,29,31)/t15-,17+/m0/s1. The van der Waals surface area contributed by atoms with E-state index in [-0.39, 0.29) is 24.8 Å². The minimum atomic E-state index is -1.28. The van der Waals surface area contributed by atoms with Crippen LogP contribution in [0.2, 0.25) is 25.7 Å². The topological polar surface area (TPSA) is 87.5 Å². The molecule has 8 nitrogen and oxygen atoms in total. The molecule has 0 bridgehead atoms. The summed E-state index contributed by atoms with van der Waals surface area (Å²) in [6.07, 6.45) is 1.94. The molecule has 0 unspecified atom stereocenters. The lowest BCUT2D eigenvalue weighted by molar-refractivity contribution is -0.117. The van der Waals surface area contributed by atoms with Gasteiger partial charge in [0.25, 0.3) is 0 Å². The highest BCUT2D eigenvalue weighted by atomic mass is 28.3.